The SMILES string of the molecule is Cc1ccccc1C(=O)Cn1cc(CN)nn1. The molecule has 1 aromatic heterocycles. The van der Waals surface area contributed by atoms with Crippen molar-refractivity contribution >= 4 is 5.78 Å². The molecule has 88 valence electrons. The molecule has 0 saturated carbocycles. The van der Waals surface area contributed by atoms with Crippen molar-refractivity contribution < 1.29 is 4.79 Å². The van der Waals surface area contributed by atoms with Gasteiger partial charge in [-0.15, -0.1) is 5.10 Å². The number of ketones is 1. The highest BCUT2D eigenvalue weighted by molar-refractivity contribution is 5.97. The summed E-state index contributed by atoms with van der Waals surface area (Å²) in [6, 6.07) is 7.50. The maximum Gasteiger partial charge on any atom is 0.184 e. The lowest BCUT2D eigenvalue weighted by Crippen LogP contribution is -2.12. The van der Waals surface area contributed by atoms with Crippen LogP contribution in [-0.4, -0.2) is 20.8 Å². The Bertz CT molecular complexity index is 533. The molecular formula is C12H14N4O. The summed E-state index contributed by atoms with van der Waals surface area (Å²) in [5.74, 6) is 0.0246. The minimum Gasteiger partial charge on any atom is -0.325 e. The van der Waals surface area contributed by atoms with E-state index in [9.17, 15) is 4.79 Å². The summed E-state index contributed by atoms with van der Waals surface area (Å²) in [4.78, 5) is 12.0. The predicted molar refractivity (Wildman–Crippen MR) is 63.4 cm³/mol. The highest BCUT2D eigenvalue weighted by Gasteiger charge is 2.10. The molecule has 2 aromatic rings. The number of hydrogen-bond donors (Lipinski definition) is 1. The number of nitrogens with two attached hydrogens (primary N) is 1. The van der Waals surface area contributed by atoms with E-state index in [1.807, 2.05) is 31.2 Å². The van der Waals surface area contributed by atoms with Crippen molar-refractivity contribution in [1.29, 1.82) is 0 Å². The van der Waals surface area contributed by atoms with E-state index in [2.05, 4.69) is 10.3 Å². The Morgan fingerprint density at radius 2 is 2.18 bits per heavy atom. The van der Waals surface area contributed by atoms with Crippen LogP contribution in [0, 0.1) is 6.92 Å². The highest BCUT2D eigenvalue weighted by atomic mass is 16.1. The molecule has 0 radical (unpaired) electrons. The lowest BCUT2D eigenvalue weighted by Gasteiger charge is -2.03. The van der Waals surface area contributed by atoms with Crippen LogP contribution in [0.2, 0.25) is 0 Å². The summed E-state index contributed by atoms with van der Waals surface area (Å²) < 4.78 is 1.51. The van der Waals surface area contributed by atoms with Gasteiger partial charge in [-0.25, -0.2) is 4.68 Å². The van der Waals surface area contributed by atoms with Gasteiger partial charge in [0.25, 0.3) is 0 Å². The maximum absolute atomic E-state index is 12.0. The molecule has 0 fully saturated rings. The van der Waals surface area contributed by atoms with Gasteiger partial charge in [0.1, 0.15) is 6.54 Å². The van der Waals surface area contributed by atoms with E-state index in [-0.39, 0.29) is 12.3 Å². The first-order chi connectivity index (χ1) is 8.20. The molecule has 17 heavy (non-hydrogen) atoms. The second kappa shape index (κ2) is 4.88. The van der Waals surface area contributed by atoms with Crippen LogP contribution in [0.5, 0.6) is 0 Å². The lowest BCUT2D eigenvalue weighted by atomic mass is 10.1. The second-order valence-electron chi connectivity index (χ2n) is 3.85. The summed E-state index contributed by atoms with van der Waals surface area (Å²) in [7, 11) is 0. The molecule has 0 amide bonds. The van der Waals surface area contributed by atoms with Crippen molar-refractivity contribution in [2.45, 2.75) is 20.0 Å². The van der Waals surface area contributed by atoms with Crippen molar-refractivity contribution in [3.05, 3.63) is 47.3 Å². The molecule has 0 aliphatic carbocycles. The molecule has 0 unspecified atom stereocenters. The molecule has 1 heterocycles. The molecule has 0 saturated heterocycles. The first kappa shape index (κ1) is 11.5. The molecule has 5 heteroatoms. The van der Waals surface area contributed by atoms with Crippen LogP contribution < -0.4 is 5.73 Å². The maximum atomic E-state index is 12.0. The smallest absolute Gasteiger partial charge is 0.184 e. The molecule has 5 nitrogen and oxygen atoms in total. The molecule has 2 N–H and O–H groups in total. The van der Waals surface area contributed by atoms with Crippen LogP contribution in [0.4, 0.5) is 0 Å². The highest BCUT2D eigenvalue weighted by Crippen LogP contribution is 2.08. The van der Waals surface area contributed by atoms with E-state index in [0.29, 0.717) is 12.2 Å². The van der Waals surface area contributed by atoms with Gasteiger partial charge in [-0.05, 0) is 12.5 Å². The number of nitrogens with zero attached hydrogens (tertiary/aromatic N) is 3. The number of benzene rings is 1. The summed E-state index contributed by atoms with van der Waals surface area (Å²) in [6.07, 6.45) is 1.69. The second-order valence-corrected chi connectivity index (χ2v) is 3.85. The number of aryl methyl sites for hydroxylation is 1. The molecule has 0 bridgehead atoms. The van der Waals surface area contributed by atoms with E-state index >= 15 is 0 Å². The third-order valence-corrected chi connectivity index (χ3v) is 2.55. The standard InChI is InChI=1S/C12H14N4O/c1-9-4-2-3-5-11(9)12(17)8-16-7-10(6-13)14-15-16/h2-5,7H,6,8,13H2,1H3. The van der Waals surface area contributed by atoms with Crippen molar-refractivity contribution in [3.8, 4) is 0 Å². The fourth-order valence-electron chi connectivity index (χ4n) is 1.63. The molecular weight excluding hydrogens is 216 g/mol. The Labute approximate surface area is 99.2 Å². The van der Waals surface area contributed by atoms with Gasteiger partial charge in [-0.3, -0.25) is 4.79 Å². The summed E-state index contributed by atoms with van der Waals surface area (Å²) >= 11 is 0. The van der Waals surface area contributed by atoms with Gasteiger partial charge < -0.3 is 5.73 Å². The van der Waals surface area contributed by atoms with Gasteiger partial charge in [0.05, 0.1) is 11.9 Å². The Morgan fingerprint density at radius 1 is 1.41 bits per heavy atom. The number of aromatic nitrogens is 3. The topological polar surface area (TPSA) is 73.8 Å². The Morgan fingerprint density at radius 3 is 2.82 bits per heavy atom. The minimum atomic E-state index is 0.0246. The van der Waals surface area contributed by atoms with Gasteiger partial charge in [-0.2, -0.15) is 0 Å². The van der Waals surface area contributed by atoms with E-state index in [0.717, 1.165) is 11.1 Å². The van der Waals surface area contributed by atoms with Crippen LogP contribution in [0.15, 0.2) is 30.5 Å². The van der Waals surface area contributed by atoms with Gasteiger partial charge in [0.15, 0.2) is 5.78 Å². The molecule has 1 aromatic carbocycles. The third-order valence-electron chi connectivity index (χ3n) is 2.55. The van der Waals surface area contributed by atoms with E-state index in [1.165, 1.54) is 4.68 Å². The minimum absolute atomic E-state index is 0.0246. The van der Waals surface area contributed by atoms with E-state index < -0.39 is 0 Å². The van der Waals surface area contributed by atoms with Crippen molar-refractivity contribution in [2.24, 2.45) is 5.73 Å². The molecule has 0 atom stereocenters. The fourth-order valence-corrected chi connectivity index (χ4v) is 1.63. The number of Topliss-reactive ketones (excluding diaryl/α,β-unsaturated/α-hetero) is 1. The molecule has 0 spiro atoms. The molecule has 0 aliphatic rings. The van der Waals surface area contributed by atoms with E-state index in [1.54, 1.807) is 6.20 Å². The summed E-state index contributed by atoms with van der Waals surface area (Å²) in [6.45, 7) is 2.44. The molecule has 2 rings (SSSR count). The van der Waals surface area contributed by atoms with Crippen LogP contribution in [-0.2, 0) is 13.1 Å². The van der Waals surface area contributed by atoms with Crippen LogP contribution in [0.3, 0.4) is 0 Å². The number of hydrogen-bond acceptors (Lipinski definition) is 4. The lowest BCUT2D eigenvalue weighted by molar-refractivity contribution is 0.0966. The number of carbonyl (C=O) groups excluding carboxylic acids is 1. The Balaban J connectivity index is 2.14. The number of rotatable bonds is 4. The fraction of sp³-hybridized carbons (Fsp3) is 0.250. The van der Waals surface area contributed by atoms with Crippen molar-refractivity contribution in [3.63, 3.8) is 0 Å². The summed E-state index contributed by atoms with van der Waals surface area (Å²) in [5.41, 5.74) is 7.80. The summed E-state index contributed by atoms with van der Waals surface area (Å²) in [5, 5.41) is 7.69. The third kappa shape index (κ3) is 2.57. The zero-order valence-electron chi connectivity index (χ0n) is 9.63. The monoisotopic (exact) mass is 230 g/mol. The van der Waals surface area contributed by atoms with Crippen molar-refractivity contribution in [1.82, 2.24) is 15.0 Å². The average molecular weight is 230 g/mol. The van der Waals surface area contributed by atoms with Gasteiger partial charge in [-0.1, -0.05) is 29.5 Å². The average Bonchev–Trinajstić information content (AvgIpc) is 2.77. The first-order valence-corrected chi connectivity index (χ1v) is 5.38. The normalized spacial score (nSPS) is 10.5. The number of carbonyl (C=O) groups is 1. The van der Waals surface area contributed by atoms with Gasteiger partial charge in [0.2, 0.25) is 0 Å². The predicted octanol–water partition coefficient (Wildman–Crippen LogP) is 0.928. The zero-order chi connectivity index (χ0) is 12.3. The Hall–Kier alpha value is -2.01. The largest absolute Gasteiger partial charge is 0.325 e. The van der Waals surface area contributed by atoms with Crippen LogP contribution >= 0.6 is 0 Å². The quantitative estimate of drug-likeness (QED) is 0.793. The zero-order valence-corrected chi connectivity index (χ0v) is 9.63. The first-order valence-electron chi connectivity index (χ1n) is 5.38. The van der Waals surface area contributed by atoms with Crippen molar-refractivity contribution in [2.75, 3.05) is 0 Å². The van der Waals surface area contributed by atoms with Gasteiger partial charge >= 0.3 is 0 Å². The Kier molecular flexibility index (Phi) is 3.30. The van der Waals surface area contributed by atoms with Crippen LogP contribution in [0.25, 0.3) is 0 Å². The van der Waals surface area contributed by atoms with E-state index in [4.69, 9.17) is 5.73 Å². The van der Waals surface area contributed by atoms with Crippen LogP contribution in [0.1, 0.15) is 21.6 Å². The molecule has 0 aliphatic heterocycles. The van der Waals surface area contributed by atoms with Gasteiger partial charge in [0, 0.05) is 12.1 Å².